The number of benzene rings is 2. The molecule has 32 heavy (non-hydrogen) atoms. The molecule has 2 N–H and O–H groups in total. The van der Waals surface area contributed by atoms with Crippen LogP contribution >= 0.6 is 0 Å². The molecule has 0 aliphatic carbocycles. The van der Waals surface area contributed by atoms with E-state index in [0.717, 1.165) is 16.8 Å². The van der Waals surface area contributed by atoms with E-state index in [0.29, 0.717) is 38.3 Å². The van der Waals surface area contributed by atoms with Gasteiger partial charge in [0.05, 0.1) is 23.7 Å². The summed E-state index contributed by atoms with van der Waals surface area (Å²) in [5.41, 5.74) is 8.55. The van der Waals surface area contributed by atoms with Crippen molar-refractivity contribution in [2.24, 2.45) is 12.8 Å². The van der Waals surface area contributed by atoms with E-state index in [-0.39, 0.29) is 11.8 Å². The molecule has 1 aliphatic rings. The number of ether oxygens (including phenoxy) is 1. The van der Waals surface area contributed by atoms with Crippen molar-refractivity contribution in [2.75, 3.05) is 24.6 Å². The lowest BCUT2D eigenvalue weighted by Crippen LogP contribution is -2.68. The molecule has 2 aromatic carbocycles. The quantitative estimate of drug-likeness (QED) is 0.597. The number of anilines is 1. The van der Waals surface area contributed by atoms with E-state index in [1.807, 2.05) is 62.4 Å². The SMILES string of the molecule is Cn1c(=O)oc2cc(N3CCN(C(N)=O)C(C)(C)C3CCOCc3ccccc3)ccc21. The number of carbonyl (C=O) groups excluding carboxylic acids is 1. The van der Waals surface area contributed by atoms with Crippen LogP contribution in [0.15, 0.2) is 57.7 Å². The summed E-state index contributed by atoms with van der Waals surface area (Å²) in [6.07, 6.45) is 0.709. The predicted molar refractivity (Wildman–Crippen MR) is 124 cm³/mol. The first-order valence-electron chi connectivity index (χ1n) is 10.8. The third-order valence-electron chi connectivity index (χ3n) is 6.47. The van der Waals surface area contributed by atoms with Crippen LogP contribution in [0.3, 0.4) is 0 Å². The summed E-state index contributed by atoms with van der Waals surface area (Å²) in [7, 11) is 1.69. The molecule has 8 heteroatoms. The Kier molecular flexibility index (Phi) is 5.97. The van der Waals surface area contributed by atoms with E-state index in [2.05, 4.69) is 4.90 Å². The van der Waals surface area contributed by atoms with E-state index in [4.69, 9.17) is 14.9 Å². The topological polar surface area (TPSA) is 93.9 Å². The lowest BCUT2D eigenvalue weighted by Gasteiger charge is -2.53. The first-order valence-corrected chi connectivity index (χ1v) is 10.8. The Morgan fingerprint density at radius 3 is 2.66 bits per heavy atom. The number of hydrogen-bond acceptors (Lipinski definition) is 5. The van der Waals surface area contributed by atoms with Crippen molar-refractivity contribution >= 4 is 22.8 Å². The third-order valence-corrected chi connectivity index (χ3v) is 6.47. The molecule has 4 rings (SSSR count). The van der Waals surface area contributed by atoms with Crippen LogP contribution in [0.1, 0.15) is 25.8 Å². The number of hydrogen-bond donors (Lipinski definition) is 1. The molecule has 1 aromatic heterocycles. The van der Waals surface area contributed by atoms with E-state index < -0.39 is 11.6 Å². The number of nitrogens with two attached hydrogens (primary N) is 1. The fraction of sp³-hybridized carbons (Fsp3) is 0.417. The fourth-order valence-electron chi connectivity index (χ4n) is 4.69. The van der Waals surface area contributed by atoms with Crippen LogP contribution in [0.4, 0.5) is 10.5 Å². The number of oxazole rings is 1. The highest BCUT2D eigenvalue weighted by atomic mass is 16.5. The highest BCUT2D eigenvalue weighted by Gasteiger charge is 2.44. The molecular weight excluding hydrogens is 408 g/mol. The molecule has 0 spiro atoms. The van der Waals surface area contributed by atoms with Gasteiger partial charge in [-0.25, -0.2) is 9.59 Å². The second-order valence-corrected chi connectivity index (χ2v) is 8.76. The molecule has 8 nitrogen and oxygen atoms in total. The van der Waals surface area contributed by atoms with Crippen LogP contribution < -0.4 is 16.4 Å². The molecule has 1 fully saturated rings. The Labute approximate surface area is 187 Å². The first-order chi connectivity index (χ1) is 15.3. The zero-order chi connectivity index (χ0) is 22.9. The van der Waals surface area contributed by atoms with Gasteiger partial charge in [0.25, 0.3) is 0 Å². The summed E-state index contributed by atoms with van der Waals surface area (Å²) in [6, 6.07) is 15.4. The van der Waals surface area contributed by atoms with Crippen LogP contribution in [-0.4, -0.2) is 46.8 Å². The second-order valence-electron chi connectivity index (χ2n) is 8.76. The van der Waals surface area contributed by atoms with Gasteiger partial charge in [-0.05, 0) is 38.0 Å². The third kappa shape index (κ3) is 4.10. The van der Waals surface area contributed by atoms with E-state index in [1.165, 1.54) is 4.57 Å². The Morgan fingerprint density at radius 2 is 1.94 bits per heavy atom. The summed E-state index contributed by atoms with van der Waals surface area (Å²) in [5, 5.41) is 0. The highest BCUT2D eigenvalue weighted by Crippen LogP contribution is 2.34. The van der Waals surface area contributed by atoms with Gasteiger partial charge in [-0.1, -0.05) is 30.3 Å². The molecule has 0 bridgehead atoms. The second kappa shape index (κ2) is 8.70. The van der Waals surface area contributed by atoms with Crippen LogP contribution in [0.5, 0.6) is 0 Å². The largest absolute Gasteiger partial charge is 0.419 e. The van der Waals surface area contributed by atoms with Crippen molar-refractivity contribution in [2.45, 2.75) is 38.5 Å². The minimum atomic E-state index is -0.507. The van der Waals surface area contributed by atoms with Gasteiger partial charge in [0.15, 0.2) is 5.58 Å². The molecule has 1 unspecified atom stereocenters. The van der Waals surface area contributed by atoms with Crippen molar-refractivity contribution in [3.8, 4) is 0 Å². The molecule has 3 aromatic rings. The smallest absolute Gasteiger partial charge is 0.408 e. The van der Waals surface area contributed by atoms with Gasteiger partial charge in [0.2, 0.25) is 0 Å². The number of primary amides is 1. The molecule has 1 atom stereocenters. The minimum absolute atomic E-state index is 0.0348. The Morgan fingerprint density at radius 1 is 1.19 bits per heavy atom. The average Bonchev–Trinajstić information content (AvgIpc) is 3.05. The van der Waals surface area contributed by atoms with Gasteiger partial charge in [0, 0.05) is 38.5 Å². The number of piperazine rings is 1. The summed E-state index contributed by atoms with van der Waals surface area (Å²) < 4.78 is 12.8. The summed E-state index contributed by atoms with van der Waals surface area (Å²) in [6.45, 7) is 6.28. The zero-order valence-corrected chi connectivity index (χ0v) is 18.8. The van der Waals surface area contributed by atoms with Crippen molar-refractivity contribution < 1.29 is 13.9 Å². The number of aryl methyl sites for hydroxylation is 1. The summed E-state index contributed by atoms with van der Waals surface area (Å²) in [4.78, 5) is 28.0. The fourth-order valence-corrected chi connectivity index (χ4v) is 4.69. The van der Waals surface area contributed by atoms with Crippen LogP contribution in [0.2, 0.25) is 0 Å². The Balaban J connectivity index is 1.57. The molecule has 1 saturated heterocycles. The van der Waals surface area contributed by atoms with E-state index in [1.54, 1.807) is 11.9 Å². The molecule has 170 valence electrons. The number of carbonyl (C=O) groups is 1. The molecule has 0 radical (unpaired) electrons. The van der Waals surface area contributed by atoms with Crippen molar-refractivity contribution in [3.63, 3.8) is 0 Å². The number of nitrogens with zero attached hydrogens (tertiary/aromatic N) is 3. The maximum Gasteiger partial charge on any atom is 0.419 e. The van der Waals surface area contributed by atoms with Crippen molar-refractivity contribution in [3.05, 3.63) is 64.6 Å². The lowest BCUT2D eigenvalue weighted by atomic mass is 9.86. The molecular formula is C24H30N4O4. The molecule has 1 aliphatic heterocycles. The summed E-state index contributed by atoms with van der Waals surface area (Å²) in [5.74, 6) is -0.387. The minimum Gasteiger partial charge on any atom is -0.408 e. The van der Waals surface area contributed by atoms with Gasteiger partial charge in [-0.3, -0.25) is 4.57 Å². The lowest BCUT2D eigenvalue weighted by molar-refractivity contribution is 0.0642. The normalized spacial score (nSPS) is 18.3. The standard InChI is InChI=1S/C24H30N4O4/c1-24(2)21(11-14-31-16-17-7-5-4-6-8-17)27(12-13-28(24)22(25)29)18-9-10-19-20(15-18)32-23(30)26(19)3/h4-10,15,21H,11-14,16H2,1-3H3,(H2,25,29). The Hall–Kier alpha value is -3.26. The monoisotopic (exact) mass is 438 g/mol. The number of amides is 2. The van der Waals surface area contributed by atoms with Crippen LogP contribution in [-0.2, 0) is 18.4 Å². The van der Waals surface area contributed by atoms with Crippen molar-refractivity contribution in [1.29, 1.82) is 0 Å². The molecule has 2 heterocycles. The first kappa shape index (κ1) is 22.0. The van der Waals surface area contributed by atoms with Gasteiger partial charge in [0.1, 0.15) is 0 Å². The number of rotatable bonds is 6. The average molecular weight is 439 g/mol. The van der Waals surface area contributed by atoms with Crippen LogP contribution in [0.25, 0.3) is 11.1 Å². The van der Waals surface area contributed by atoms with E-state index in [9.17, 15) is 9.59 Å². The maximum atomic E-state index is 12.1. The van der Waals surface area contributed by atoms with Crippen LogP contribution in [0, 0.1) is 0 Å². The predicted octanol–water partition coefficient (Wildman–Crippen LogP) is 3.09. The van der Waals surface area contributed by atoms with E-state index >= 15 is 0 Å². The summed E-state index contributed by atoms with van der Waals surface area (Å²) >= 11 is 0. The van der Waals surface area contributed by atoms with Crippen molar-refractivity contribution in [1.82, 2.24) is 9.47 Å². The van der Waals surface area contributed by atoms with Gasteiger partial charge in [-0.15, -0.1) is 0 Å². The number of aromatic nitrogens is 1. The van der Waals surface area contributed by atoms with Gasteiger partial charge < -0.3 is 24.7 Å². The van der Waals surface area contributed by atoms with Gasteiger partial charge in [-0.2, -0.15) is 0 Å². The molecule has 0 saturated carbocycles. The number of urea groups is 1. The highest BCUT2D eigenvalue weighted by molar-refractivity contribution is 5.78. The Bertz CT molecular complexity index is 1150. The maximum absolute atomic E-state index is 12.1. The zero-order valence-electron chi connectivity index (χ0n) is 18.8. The van der Waals surface area contributed by atoms with Gasteiger partial charge >= 0.3 is 11.8 Å². The molecule has 2 amide bonds. The number of fused-ring (bicyclic) bond motifs is 1.